The normalized spacial score (nSPS) is 19.9. The number of nitrogens with one attached hydrogen (secondary N) is 1. The minimum atomic E-state index is -0.770. The summed E-state index contributed by atoms with van der Waals surface area (Å²) < 4.78 is 0. The zero-order valence-electron chi connectivity index (χ0n) is 12.2. The van der Waals surface area contributed by atoms with Gasteiger partial charge in [0.25, 0.3) is 0 Å². The monoisotopic (exact) mass is 286 g/mol. The van der Waals surface area contributed by atoms with Crippen molar-refractivity contribution in [2.45, 2.75) is 39.0 Å². The molecule has 0 saturated carbocycles. The van der Waals surface area contributed by atoms with Crippen molar-refractivity contribution in [3.8, 4) is 0 Å². The zero-order valence-corrected chi connectivity index (χ0v) is 12.2. The molecule has 0 spiro atoms. The first kappa shape index (κ1) is 16.8. The van der Waals surface area contributed by atoms with Crippen molar-refractivity contribution in [1.29, 1.82) is 0 Å². The van der Waals surface area contributed by atoms with Gasteiger partial charge < -0.3 is 20.4 Å². The Morgan fingerprint density at radius 2 is 2.15 bits per heavy atom. The van der Waals surface area contributed by atoms with Crippen molar-refractivity contribution in [3.63, 3.8) is 0 Å². The lowest BCUT2D eigenvalue weighted by Gasteiger charge is -2.18. The van der Waals surface area contributed by atoms with Gasteiger partial charge in [-0.1, -0.05) is 6.92 Å². The summed E-state index contributed by atoms with van der Waals surface area (Å²) in [6, 6.07) is -0.0455. The van der Waals surface area contributed by atoms with E-state index in [-0.39, 0.29) is 19.1 Å². The summed E-state index contributed by atoms with van der Waals surface area (Å²) in [5.74, 6) is -0.0553. The van der Waals surface area contributed by atoms with Crippen LogP contribution in [0.2, 0.25) is 0 Å². The average Bonchev–Trinajstić information content (AvgIpc) is 2.85. The molecule has 1 rings (SSSR count). The molecule has 3 N–H and O–H groups in total. The Morgan fingerprint density at radius 3 is 2.80 bits per heavy atom. The van der Waals surface area contributed by atoms with E-state index in [4.69, 9.17) is 10.2 Å². The molecule has 1 heterocycles. The van der Waals surface area contributed by atoms with Crippen LogP contribution in [0.15, 0.2) is 0 Å². The number of rotatable bonds is 8. The highest BCUT2D eigenvalue weighted by molar-refractivity contribution is 5.74. The molecule has 1 saturated heterocycles. The van der Waals surface area contributed by atoms with Gasteiger partial charge in [-0.05, 0) is 37.5 Å². The summed E-state index contributed by atoms with van der Waals surface area (Å²) in [7, 11) is 0. The van der Waals surface area contributed by atoms with Crippen LogP contribution in [0.1, 0.15) is 39.0 Å². The SMILES string of the molecule is CC(CCNC(=O)N1CCC(CCO)C1)CCC(=O)O. The number of carbonyl (C=O) groups is 2. The highest BCUT2D eigenvalue weighted by Crippen LogP contribution is 2.19. The summed E-state index contributed by atoms with van der Waals surface area (Å²) in [5.41, 5.74) is 0. The summed E-state index contributed by atoms with van der Waals surface area (Å²) in [6.07, 6.45) is 3.35. The van der Waals surface area contributed by atoms with Gasteiger partial charge in [-0.3, -0.25) is 4.79 Å². The van der Waals surface area contributed by atoms with Gasteiger partial charge in [-0.2, -0.15) is 0 Å². The van der Waals surface area contributed by atoms with E-state index in [0.717, 1.165) is 32.4 Å². The van der Waals surface area contributed by atoms with Crippen LogP contribution in [-0.2, 0) is 4.79 Å². The Morgan fingerprint density at radius 1 is 1.40 bits per heavy atom. The first-order chi connectivity index (χ1) is 9.52. The van der Waals surface area contributed by atoms with Crippen molar-refractivity contribution in [2.75, 3.05) is 26.2 Å². The van der Waals surface area contributed by atoms with Crippen LogP contribution in [-0.4, -0.2) is 53.4 Å². The van der Waals surface area contributed by atoms with Crippen LogP contribution in [0, 0.1) is 11.8 Å². The standard InChI is InChI=1S/C14H26N2O4/c1-11(2-3-13(18)19)4-7-15-14(20)16-8-5-12(10-16)6-9-17/h11-12,17H,2-10H2,1H3,(H,15,20)(H,18,19). The number of nitrogens with zero attached hydrogens (tertiary/aromatic N) is 1. The van der Waals surface area contributed by atoms with E-state index in [2.05, 4.69) is 5.32 Å². The minimum Gasteiger partial charge on any atom is -0.481 e. The van der Waals surface area contributed by atoms with Crippen LogP contribution in [0.5, 0.6) is 0 Å². The van der Waals surface area contributed by atoms with Crippen molar-refractivity contribution in [1.82, 2.24) is 10.2 Å². The van der Waals surface area contributed by atoms with E-state index in [0.29, 0.717) is 24.8 Å². The first-order valence-corrected chi connectivity index (χ1v) is 7.38. The van der Waals surface area contributed by atoms with Crippen LogP contribution in [0.25, 0.3) is 0 Å². The van der Waals surface area contributed by atoms with E-state index < -0.39 is 5.97 Å². The maximum atomic E-state index is 11.9. The molecule has 116 valence electrons. The molecule has 1 aliphatic rings. The zero-order chi connectivity index (χ0) is 15.0. The molecule has 6 nitrogen and oxygen atoms in total. The Bertz CT molecular complexity index is 322. The number of aliphatic carboxylic acids is 1. The second-order valence-electron chi connectivity index (χ2n) is 5.67. The van der Waals surface area contributed by atoms with Crippen molar-refractivity contribution in [2.24, 2.45) is 11.8 Å². The third kappa shape index (κ3) is 6.23. The second-order valence-corrected chi connectivity index (χ2v) is 5.67. The maximum absolute atomic E-state index is 11.9. The molecule has 20 heavy (non-hydrogen) atoms. The molecular formula is C14H26N2O4. The van der Waals surface area contributed by atoms with Gasteiger partial charge in [-0.25, -0.2) is 4.79 Å². The molecule has 2 unspecified atom stereocenters. The van der Waals surface area contributed by atoms with Gasteiger partial charge >= 0.3 is 12.0 Å². The van der Waals surface area contributed by atoms with Crippen LogP contribution in [0.3, 0.4) is 0 Å². The molecule has 1 aliphatic heterocycles. The van der Waals surface area contributed by atoms with Gasteiger partial charge in [-0.15, -0.1) is 0 Å². The van der Waals surface area contributed by atoms with Crippen molar-refractivity contribution < 1.29 is 19.8 Å². The topological polar surface area (TPSA) is 89.9 Å². The van der Waals surface area contributed by atoms with E-state index in [1.165, 1.54) is 0 Å². The van der Waals surface area contributed by atoms with Gasteiger partial charge in [0.05, 0.1) is 0 Å². The minimum absolute atomic E-state index is 0.0455. The fraction of sp³-hybridized carbons (Fsp3) is 0.857. The third-order valence-electron chi connectivity index (χ3n) is 3.87. The van der Waals surface area contributed by atoms with Gasteiger partial charge in [0, 0.05) is 32.7 Å². The largest absolute Gasteiger partial charge is 0.481 e. The molecule has 0 bridgehead atoms. The quantitative estimate of drug-likeness (QED) is 0.627. The van der Waals surface area contributed by atoms with Crippen molar-refractivity contribution in [3.05, 3.63) is 0 Å². The summed E-state index contributed by atoms with van der Waals surface area (Å²) in [4.78, 5) is 24.1. The second kappa shape index (κ2) is 8.79. The number of aliphatic hydroxyl groups excluding tert-OH is 1. The average molecular weight is 286 g/mol. The fourth-order valence-corrected chi connectivity index (χ4v) is 2.49. The number of urea groups is 1. The van der Waals surface area contributed by atoms with Gasteiger partial charge in [0.15, 0.2) is 0 Å². The number of likely N-dealkylation sites (tertiary alicyclic amines) is 1. The molecular weight excluding hydrogens is 260 g/mol. The highest BCUT2D eigenvalue weighted by Gasteiger charge is 2.25. The van der Waals surface area contributed by atoms with E-state index in [9.17, 15) is 9.59 Å². The van der Waals surface area contributed by atoms with E-state index >= 15 is 0 Å². The molecule has 0 aliphatic carbocycles. The lowest BCUT2D eigenvalue weighted by atomic mass is 10.0. The third-order valence-corrected chi connectivity index (χ3v) is 3.87. The van der Waals surface area contributed by atoms with Gasteiger partial charge in [0.2, 0.25) is 0 Å². The number of hydrogen-bond acceptors (Lipinski definition) is 3. The Balaban J connectivity index is 2.12. The smallest absolute Gasteiger partial charge is 0.317 e. The molecule has 2 atom stereocenters. The highest BCUT2D eigenvalue weighted by atomic mass is 16.4. The van der Waals surface area contributed by atoms with Gasteiger partial charge in [0.1, 0.15) is 0 Å². The molecule has 0 aromatic heterocycles. The number of amides is 2. The number of carboxylic acid groups (broad SMARTS) is 1. The maximum Gasteiger partial charge on any atom is 0.317 e. The summed E-state index contributed by atoms with van der Waals surface area (Å²) in [5, 5.41) is 20.4. The molecule has 0 aromatic rings. The van der Waals surface area contributed by atoms with Crippen molar-refractivity contribution >= 4 is 12.0 Å². The molecule has 0 radical (unpaired) electrons. The van der Waals surface area contributed by atoms with Crippen LogP contribution in [0.4, 0.5) is 4.79 Å². The molecule has 6 heteroatoms. The number of carboxylic acids is 1. The predicted molar refractivity (Wildman–Crippen MR) is 75.4 cm³/mol. The Kier molecular flexibility index (Phi) is 7.36. The molecule has 1 fully saturated rings. The van der Waals surface area contributed by atoms with E-state index in [1.54, 1.807) is 4.90 Å². The lowest BCUT2D eigenvalue weighted by molar-refractivity contribution is -0.137. The summed E-state index contributed by atoms with van der Waals surface area (Å²) >= 11 is 0. The lowest BCUT2D eigenvalue weighted by Crippen LogP contribution is -2.39. The first-order valence-electron chi connectivity index (χ1n) is 7.38. The van der Waals surface area contributed by atoms with Crippen LogP contribution >= 0.6 is 0 Å². The number of carbonyl (C=O) groups excluding carboxylic acids is 1. The van der Waals surface area contributed by atoms with Crippen LogP contribution < -0.4 is 5.32 Å². The van der Waals surface area contributed by atoms with E-state index in [1.807, 2.05) is 6.92 Å². The molecule has 0 aromatic carbocycles. The predicted octanol–water partition coefficient (Wildman–Crippen LogP) is 1.29. The number of hydrogen-bond donors (Lipinski definition) is 3. The summed E-state index contributed by atoms with van der Waals surface area (Å²) in [6.45, 7) is 4.25. The Labute approximate surface area is 120 Å². The Hall–Kier alpha value is -1.30. The number of aliphatic hydroxyl groups is 1. The fourth-order valence-electron chi connectivity index (χ4n) is 2.49. The molecule has 2 amide bonds.